The number of nitrogens with zero attached hydrogens (tertiary/aromatic N) is 2. The lowest BCUT2D eigenvalue weighted by molar-refractivity contribution is -0.139. The molecule has 1 atom stereocenters. The Kier molecular flexibility index (Phi) is 10.5. The van der Waals surface area contributed by atoms with Crippen LogP contribution in [0.15, 0.2) is 71.6 Å². The number of halogens is 4. The second kappa shape index (κ2) is 13.7. The molecule has 3 aromatic rings. The SMILES string of the molecule is C[C@H](C(=O)NC1CCCC1)N(Cc1c(Cl)cccc1Cl)C(=O)CN(c1cccc(Cl)c1)S(=O)(=O)c1ccc(Cl)cc1. The molecule has 1 N–H and O–H groups in total. The van der Waals surface area contributed by atoms with E-state index in [1.807, 2.05) is 0 Å². The summed E-state index contributed by atoms with van der Waals surface area (Å²) in [4.78, 5) is 28.6. The van der Waals surface area contributed by atoms with Crippen LogP contribution in [-0.2, 0) is 26.2 Å². The van der Waals surface area contributed by atoms with Crippen LogP contribution in [0.5, 0.6) is 0 Å². The van der Waals surface area contributed by atoms with E-state index in [2.05, 4.69) is 5.32 Å². The number of benzene rings is 3. The Hall–Kier alpha value is -2.49. The monoisotopic (exact) mass is 655 g/mol. The minimum absolute atomic E-state index is 0.0269. The van der Waals surface area contributed by atoms with Gasteiger partial charge in [0.25, 0.3) is 10.0 Å². The van der Waals surface area contributed by atoms with E-state index in [9.17, 15) is 18.0 Å². The van der Waals surface area contributed by atoms with Crippen LogP contribution in [-0.4, -0.2) is 43.8 Å². The summed E-state index contributed by atoms with van der Waals surface area (Å²) < 4.78 is 28.7. The lowest BCUT2D eigenvalue weighted by Gasteiger charge is -2.33. The quantitative estimate of drug-likeness (QED) is 0.255. The number of hydrogen-bond donors (Lipinski definition) is 1. The summed E-state index contributed by atoms with van der Waals surface area (Å²) in [6.07, 6.45) is 3.78. The number of amides is 2. The van der Waals surface area contributed by atoms with E-state index in [1.54, 1.807) is 37.3 Å². The highest BCUT2D eigenvalue weighted by molar-refractivity contribution is 7.92. The highest BCUT2D eigenvalue weighted by Crippen LogP contribution is 2.30. The summed E-state index contributed by atoms with van der Waals surface area (Å²) in [6.45, 7) is 0.875. The van der Waals surface area contributed by atoms with Gasteiger partial charge in [-0.2, -0.15) is 0 Å². The zero-order valence-corrected chi connectivity index (χ0v) is 26.0. The van der Waals surface area contributed by atoms with Crippen molar-refractivity contribution in [3.8, 4) is 0 Å². The highest BCUT2D eigenvalue weighted by Gasteiger charge is 2.34. The molecule has 7 nitrogen and oxygen atoms in total. The number of carbonyl (C=O) groups is 2. The molecule has 0 radical (unpaired) electrons. The first kappa shape index (κ1) is 31.4. The normalized spacial score (nSPS) is 14.5. The molecule has 41 heavy (non-hydrogen) atoms. The number of hydrogen-bond acceptors (Lipinski definition) is 4. The van der Waals surface area contributed by atoms with Crippen molar-refractivity contribution >= 4 is 73.9 Å². The fraction of sp³-hybridized carbons (Fsp3) is 0.310. The molecule has 0 aromatic heterocycles. The summed E-state index contributed by atoms with van der Waals surface area (Å²) in [5.41, 5.74) is 0.624. The van der Waals surface area contributed by atoms with Gasteiger partial charge in [-0.05, 0) is 74.4 Å². The van der Waals surface area contributed by atoms with Crippen molar-refractivity contribution in [2.24, 2.45) is 0 Å². The maximum Gasteiger partial charge on any atom is 0.264 e. The zero-order chi connectivity index (χ0) is 29.7. The van der Waals surface area contributed by atoms with E-state index in [1.165, 1.54) is 41.3 Å². The van der Waals surface area contributed by atoms with Gasteiger partial charge in [0.1, 0.15) is 12.6 Å². The van der Waals surface area contributed by atoms with Gasteiger partial charge in [-0.1, -0.05) is 71.4 Å². The van der Waals surface area contributed by atoms with Crippen molar-refractivity contribution in [2.45, 2.75) is 56.1 Å². The fourth-order valence-corrected chi connectivity index (χ4v) is 6.96. The molecule has 0 aliphatic heterocycles. The smallest absolute Gasteiger partial charge is 0.264 e. The Morgan fingerprint density at radius 3 is 2.12 bits per heavy atom. The Balaban J connectivity index is 1.72. The van der Waals surface area contributed by atoms with Crippen molar-refractivity contribution < 1.29 is 18.0 Å². The number of sulfonamides is 1. The van der Waals surface area contributed by atoms with Crippen LogP contribution in [0.3, 0.4) is 0 Å². The first-order valence-corrected chi connectivity index (χ1v) is 16.0. The molecule has 1 saturated carbocycles. The molecule has 0 unspecified atom stereocenters. The Bertz CT molecular complexity index is 1490. The first-order valence-electron chi connectivity index (χ1n) is 13.0. The average Bonchev–Trinajstić information content (AvgIpc) is 3.44. The summed E-state index contributed by atoms with van der Waals surface area (Å²) in [6, 6.07) is 15.8. The van der Waals surface area contributed by atoms with Gasteiger partial charge in [-0.3, -0.25) is 13.9 Å². The molecule has 0 bridgehead atoms. The van der Waals surface area contributed by atoms with Crippen LogP contribution in [0.4, 0.5) is 5.69 Å². The predicted octanol–water partition coefficient (Wildman–Crippen LogP) is 6.97. The van der Waals surface area contributed by atoms with Gasteiger partial charge in [0.05, 0.1) is 10.6 Å². The molecule has 218 valence electrons. The van der Waals surface area contributed by atoms with E-state index in [4.69, 9.17) is 46.4 Å². The third-order valence-corrected chi connectivity index (χ3v) is 10.0. The van der Waals surface area contributed by atoms with Crippen LogP contribution in [0.2, 0.25) is 20.1 Å². The molecule has 2 amide bonds. The van der Waals surface area contributed by atoms with Crippen molar-refractivity contribution in [1.29, 1.82) is 0 Å². The maximum absolute atomic E-state index is 14.1. The first-order chi connectivity index (χ1) is 19.5. The van der Waals surface area contributed by atoms with Crippen molar-refractivity contribution in [3.05, 3.63) is 92.4 Å². The third kappa shape index (κ3) is 7.67. The van der Waals surface area contributed by atoms with Gasteiger partial charge in [-0.15, -0.1) is 0 Å². The largest absolute Gasteiger partial charge is 0.352 e. The molecular weight excluding hydrogens is 628 g/mol. The van der Waals surface area contributed by atoms with Crippen LogP contribution >= 0.6 is 46.4 Å². The van der Waals surface area contributed by atoms with E-state index < -0.39 is 28.5 Å². The number of anilines is 1. The number of carbonyl (C=O) groups excluding carboxylic acids is 2. The molecular formula is C29H29Cl4N3O4S. The van der Waals surface area contributed by atoms with Gasteiger partial charge in [0.15, 0.2) is 0 Å². The van der Waals surface area contributed by atoms with E-state index in [0.29, 0.717) is 20.6 Å². The van der Waals surface area contributed by atoms with Gasteiger partial charge >= 0.3 is 0 Å². The minimum atomic E-state index is -4.25. The Labute approximate surface area is 260 Å². The van der Waals surface area contributed by atoms with Crippen LogP contribution in [0, 0.1) is 0 Å². The number of nitrogens with one attached hydrogen (secondary N) is 1. The molecule has 1 fully saturated rings. The fourth-order valence-electron chi connectivity index (χ4n) is 4.72. The number of rotatable bonds is 10. The standard InChI is InChI=1S/C29H29Cl4N3O4S/c1-19(29(38)34-22-7-2-3-8-22)35(17-25-26(32)10-5-11-27(25)33)28(37)18-36(23-9-4-6-21(31)16-23)41(39,40)24-14-12-20(30)13-15-24/h4-6,9-16,19,22H,2-3,7-8,17-18H2,1H3,(H,34,38)/t19-/m1/s1. The molecule has 0 heterocycles. The summed E-state index contributed by atoms with van der Waals surface area (Å²) in [5, 5.41) is 4.31. The van der Waals surface area contributed by atoms with Crippen LogP contribution in [0.25, 0.3) is 0 Å². The Morgan fingerprint density at radius 2 is 1.51 bits per heavy atom. The van der Waals surface area contributed by atoms with Crippen molar-refractivity contribution in [3.63, 3.8) is 0 Å². The summed E-state index contributed by atoms with van der Waals surface area (Å²) >= 11 is 25.0. The zero-order valence-electron chi connectivity index (χ0n) is 22.2. The van der Waals surface area contributed by atoms with E-state index >= 15 is 0 Å². The lowest BCUT2D eigenvalue weighted by Crippen LogP contribution is -2.52. The second-order valence-electron chi connectivity index (χ2n) is 9.83. The van der Waals surface area contributed by atoms with Crippen LogP contribution in [0.1, 0.15) is 38.2 Å². The van der Waals surface area contributed by atoms with Crippen molar-refractivity contribution in [2.75, 3.05) is 10.8 Å². The molecule has 0 saturated heterocycles. The van der Waals surface area contributed by atoms with Gasteiger partial charge in [0, 0.05) is 38.2 Å². The highest BCUT2D eigenvalue weighted by atomic mass is 35.5. The van der Waals surface area contributed by atoms with E-state index in [0.717, 1.165) is 30.0 Å². The predicted molar refractivity (Wildman–Crippen MR) is 164 cm³/mol. The topological polar surface area (TPSA) is 86.8 Å². The lowest BCUT2D eigenvalue weighted by atomic mass is 10.1. The molecule has 12 heteroatoms. The molecule has 0 spiro atoms. The molecule has 3 aromatic carbocycles. The molecule has 1 aliphatic rings. The maximum atomic E-state index is 14.1. The van der Waals surface area contributed by atoms with Gasteiger partial charge in [-0.25, -0.2) is 8.42 Å². The average molecular weight is 657 g/mol. The summed E-state index contributed by atoms with van der Waals surface area (Å²) in [5.74, 6) is -0.976. The third-order valence-electron chi connectivity index (χ3n) is 7.04. The van der Waals surface area contributed by atoms with Crippen molar-refractivity contribution in [1.82, 2.24) is 10.2 Å². The molecule has 1 aliphatic carbocycles. The van der Waals surface area contributed by atoms with Gasteiger partial charge in [0.2, 0.25) is 11.8 Å². The second-order valence-corrected chi connectivity index (χ2v) is 13.4. The van der Waals surface area contributed by atoms with Crippen LogP contribution < -0.4 is 9.62 Å². The van der Waals surface area contributed by atoms with Gasteiger partial charge < -0.3 is 10.2 Å². The van der Waals surface area contributed by atoms with E-state index in [-0.39, 0.29) is 34.1 Å². The Morgan fingerprint density at radius 1 is 0.902 bits per heavy atom. The minimum Gasteiger partial charge on any atom is -0.352 e. The molecule has 4 rings (SSSR count). The summed E-state index contributed by atoms with van der Waals surface area (Å²) in [7, 11) is -4.25.